The standard InChI is InChI=1S/C45H70N12O9/c1-27(2)22-33(41(63)54-32(19-11-12-20-46)40(62)52-26-37(59)60)56-44(66)38(28(3)4)57-43(65)35(24-30-16-9-6-10-17-30)55-42(64)34(23-29-14-7-5-8-15-29)53-36(58)25-51-39(61)31(47)18-13-21-50-45(48)49/h5-10,14-17,27-28,31-35,38H,11-13,18-26,46-47H2,1-4H3,(H,51,61)(H,52,62)(H,53,58)(H,54,63)(H,55,64)(H,56,66)(H,57,65)(H,59,60)(H4,48,49,50)/t31-,32-,33-,34-,35-,38-/m1/s1. The molecule has 0 aliphatic rings. The largest absolute Gasteiger partial charge is 0.480 e. The van der Waals surface area contributed by atoms with Crippen LogP contribution in [0.4, 0.5) is 0 Å². The number of aliphatic carboxylic acids is 1. The van der Waals surface area contributed by atoms with Gasteiger partial charge >= 0.3 is 5.97 Å². The second-order valence-corrected chi connectivity index (χ2v) is 16.7. The lowest BCUT2D eigenvalue weighted by molar-refractivity contribution is -0.138. The van der Waals surface area contributed by atoms with E-state index in [9.17, 15) is 38.4 Å². The van der Waals surface area contributed by atoms with Gasteiger partial charge in [0, 0.05) is 19.4 Å². The first-order valence-corrected chi connectivity index (χ1v) is 22.2. The van der Waals surface area contributed by atoms with Gasteiger partial charge in [-0.2, -0.15) is 0 Å². The summed E-state index contributed by atoms with van der Waals surface area (Å²) in [5.41, 5.74) is 23.6. The maximum absolute atomic E-state index is 14.3. The first-order chi connectivity index (χ1) is 31.3. The van der Waals surface area contributed by atoms with Crippen LogP contribution in [0.3, 0.4) is 0 Å². The Morgan fingerprint density at radius 3 is 1.64 bits per heavy atom. The van der Waals surface area contributed by atoms with Crippen LogP contribution in [0.1, 0.15) is 77.3 Å². The van der Waals surface area contributed by atoms with E-state index in [2.05, 4.69) is 42.2 Å². The first kappa shape index (κ1) is 55.5. The Balaban J connectivity index is 2.33. The zero-order chi connectivity index (χ0) is 49.2. The van der Waals surface area contributed by atoms with Crippen LogP contribution in [-0.2, 0) is 51.2 Å². The monoisotopic (exact) mass is 923 g/mol. The molecule has 0 saturated heterocycles. The number of carbonyl (C=O) groups is 8. The number of carbonyl (C=O) groups excluding carboxylic acids is 7. The summed E-state index contributed by atoms with van der Waals surface area (Å²) >= 11 is 0. The Hall–Kier alpha value is -6.61. The summed E-state index contributed by atoms with van der Waals surface area (Å²) in [6.45, 7) is 6.51. The first-order valence-electron chi connectivity index (χ1n) is 22.2. The number of nitrogens with one attached hydrogen (secondary N) is 7. The van der Waals surface area contributed by atoms with Gasteiger partial charge in [-0.25, -0.2) is 0 Å². The topological polar surface area (TPSA) is 357 Å². The summed E-state index contributed by atoms with van der Waals surface area (Å²) in [6.07, 6.45) is 2.00. The highest BCUT2D eigenvalue weighted by Gasteiger charge is 2.34. The molecular formula is C45H70N12O9. The number of amides is 7. The molecule has 0 aliphatic carbocycles. The molecule has 0 bridgehead atoms. The van der Waals surface area contributed by atoms with Crippen LogP contribution >= 0.6 is 0 Å². The zero-order valence-electron chi connectivity index (χ0n) is 38.3. The molecule has 0 aromatic heterocycles. The highest BCUT2D eigenvalue weighted by Crippen LogP contribution is 2.12. The van der Waals surface area contributed by atoms with E-state index in [0.29, 0.717) is 36.9 Å². The third kappa shape index (κ3) is 21.8. The molecule has 6 atom stereocenters. The molecule has 66 heavy (non-hydrogen) atoms. The van der Waals surface area contributed by atoms with E-state index in [1.54, 1.807) is 74.5 Å². The third-order valence-electron chi connectivity index (χ3n) is 10.2. The van der Waals surface area contributed by atoms with Crippen LogP contribution in [0, 0.1) is 11.8 Å². The number of nitrogens with zero attached hydrogens (tertiary/aromatic N) is 1. The van der Waals surface area contributed by atoms with Crippen LogP contribution in [0.15, 0.2) is 65.7 Å². The van der Waals surface area contributed by atoms with Gasteiger partial charge in [-0.3, -0.25) is 43.3 Å². The molecule has 2 aromatic carbocycles. The number of rotatable bonds is 30. The molecule has 2 rings (SSSR count). The molecular weight excluding hydrogens is 853 g/mol. The summed E-state index contributed by atoms with van der Waals surface area (Å²) in [7, 11) is 0. The number of hydrogen-bond acceptors (Lipinski definition) is 11. The van der Waals surface area contributed by atoms with Gasteiger partial charge in [0.1, 0.15) is 36.8 Å². The van der Waals surface area contributed by atoms with E-state index in [4.69, 9.17) is 28.0 Å². The van der Waals surface area contributed by atoms with Crippen molar-refractivity contribution in [1.29, 1.82) is 0 Å². The minimum absolute atomic E-state index is 0.0121. The maximum atomic E-state index is 14.3. The lowest BCUT2D eigenvalue weighted by Gasteiger charge is -2.29. The molecule has 2 aromatic rings. The number of hydrogen-bond donors (Lipinski definition) is 12. The second kappa shape index (κ2) is 29.8. The highest BCUT2D eigenvalue weighted by molar-refractivity contribution is 5.97. The normalized spacial score (nSPS) is 13.7. The van der Waals surface area contributed by atoms with Crippen molar-refractivity contribution in [3.63, 3.8) is 0 Å². The van der Waals surface area contributed by atoms with Crippen LogP contribution in [0.2, 0.25) is 0 Å². The van der Waals surface area contributed by atoms with Crippen molar-refractivity contribution in [2.75, 3.05) is 26.2 Å². The van der Waals surface area contributed by atoms with Gasteiger partial charge in [0.15, 0.2) is 5.96 Å². The Kier molecular flexibility index (Phi) is 25.0. The highest BCUT2D eigenvalue weighted by atomic mass is 16.4. The fraction of sp³-hybridized carbons (Fsp3) is 0.533. The Morgan fingerprint density at radius 1 is 0.591 bits per heavy atom. The van der Waals surface area contributed by atoms with Crippen LogP contribution in [0.5, 0.6) is 0 Å². The lowest BCUT2D eigenvalue weighted by Crippen LogP contribution is -2.61. The van der Waals surface area contributed by atoms with Crippen molar-refractivity contribution < 1.29 is 43.5 Å². The van der Waals surface area contributed by atoms with Crippen molar-refractivity contribution in [1.82, 2.24) is 37.2 Å². The summed E-state index contributed by atoms with van der Waals surface area (Å²) in [5, 5.41) is 27.4. The fourth-order valence-corrected chi connectivity index (χ4v) is 6.66. The molecule has 21 heteroatoms. The predicted octanol–water partition coefficient (Wildman–Crippen LogP) is -1.58. The predicted molar refractivity (Wildman–Crippen MR) is 249 cm³/mol. The van der Waals surface area contributed by atoms with Crippen molar-refractivity contribution in [3.8, 4) is 0 Å². The van der Waals surface area contributed by atoms with Gasteiger partial charge in [-0.15, -0.1) is 0 Å². The van der Waals surface area contributed by atoms with Crippen molar-refractivity contribution in [3.05, 3.63) is 71.8 Å². The Bertz CT molecular complexity index is 1910. The average molecular weight is 923 g/mol. The van der Waals surface area contributed by atoms with Crippen molar-refractivity contribution in [2.24, 2.45) is 39.8 Å². The number of benzene rings is 2. The number of carboxylic acid groups (broad SMARTS) is 1. The van der Waals surface area contributed by atoms with Gasteiger partial charge < -0.3 is 65.3 Å². The van der Waals surface area contributed by atoms with E-state index in [1.165, 1.54) is 0 Å². The van der Waals surface area contributed by atoms with Gasteiger partial charge in [0.25, 0.3) is 0 Å². The molecule has 0 unspecified atom stereocenters. The molecule has 0 heterocycles. The summed E-state index contributed by atoms with van der Waals surface area (Å²) in [5.74, 6) is -6.83. The Morgan fingerprint density at radius 2 is 1.11 bits per heavy atom. The number of aliphatic imine (C=N–C) groups is 1. The van der Waals surface area contributed by atoms with Crippen LogP contribution in [0.25, 0.3) is 0 Å². The van der Waals surface area contributed by atoms with Crippen LogP contribution in [-0.4, -0.2) is 121 Å². The molecule has 0 spiro atoms. The quantitative estimate of drug-likeness (QED) is 0.0240. The van der Waals surface area contributed by atoms with Crippen molar-refractivity contribution in [2.45, 2.75) is 115 Å². The van der Waals surface area contributed by atoms with Gasteiger partial charge in [0.2, 0.25) is 41.4 Å². The minimum Gasteiger partial charge on any atom is -0.480 e. The average Bonchev–Trinajstić information content (AvgIpc) is 3.27. The van der Waals surface area contributed by atoms with Crippen molar-refractivity contribution >= 4 is 53.3 Å². The van der Waals surface area contributed by atoms with E-state index in [-0.39, 0.29) is 50.5 Å². The van der Waals surface area contributed by atoms with Gasteiger partial charge in [0.05, 0.1) is 12.6 Å². The minimum atomic E-state index is -1.27. The zero-order valence-corrected chi connectivity index (χ0v) is 38.3. The van der Waals surface area contributed by atoms with E-state index < -0.39 is 103 Å². The maximum Gasteiger partial charge on any atom is 0.322 e. The van der Waals surface area contributed by atoms with E-state index in [0.717, 1.165) is 0 Å². The summed E-state index contributed by atoms with van der Waals surface area (Å²) in [6, 6.07) is 10.8. The molecule has 364 valence electrons. The Labute approximate surface area is 386 Å². The number of nitrogens with two attached hydrogens (primary N) is 4. The van der Waals surface area contributed by atoms with Crippen LogP contribution < -0.4 is 60.2 Å². The number of guanidine groups is 1. The molecule has 7 amide bonds. The molecule has 0 saturated carbocycles. The lowest BCUT2D eigenvalue weighted by atomic mass is 9.98. The van der Waals surface area contributed by atoms with Gasteiger partial charge in [-0.1, -0.05) is 88.4 Å². The molecule has 21 nitrogen and oxygen atoms in total. The SMILES string of the molecule is CC(C)C[C@@H](NC(=O)[C@H](NC(=O)[C@@H](Cc1ccccc1)NC(=O)[C@@H](Cc1ccccc1)NC(=O)CNC(=O)[C@H](N)CCCN=C(N)N)C(C)C)C(=O)N[C@H](CCCCN)C(=O)NCC(=O)O. The molecule has 0 fully saturated rings. The molecule has 16 N–H and O–H groups in total. The van der Waals surface area contributed by atoms with Gasteiger partial charge in [-0.05, 0) is 68.0 Å². The van der Waals surface area contributed by atoms with E-state index in [1.807, 2.05) is 13.8 Å². The van der Waals surface area contributed by atoms with E-state index >= 15 is 0 Å². The second-order valence-electron chi connectivity index (χ2n) is 16.7. The fourth-order valence-electron chi connectivity index (χ4n) is 6.66. The molecule has 0 aliphatic heterocycles. The number of carboxylic acids is 1. The molecule has 0 radical (unpaired) electrons. The summed E-state index contributed by atoms with van der Waals surface area (Å²) in [4.78, 5) is 110. The number of unbranched alkanes of at least 4 members (excludes halogenated alkanes) is 1. The summed E-state index contributed by atoms with van der Waals surface area (Å²) < 4.78 is 0. The third-order valence-corrected chi connectivity index (χ3v) is 10.2. The smallest absolute Gasteiger partial charge is 0.322 e.